The van der Waals surface area contributed by atoms with Crippen LogP contribution in [0.15, 0.2) is 30.3 Å². The van der Waals surface area contributed by atoms with Crippen LogP contribution in [-0.4, -0.2) is 22.2 Å². The summed E-state index contributed by atoms with van der Waals surface area (Å²) < 4.78 is 5.56. The number of ether oxygens (including phenoxy) is 1. The molecule has 2 aromatic rings. The number of nitrogens with zero attached hydrogens (tertiary/aromatic N) is 2. The first-order valence-corrected chi connectivity index (χ1v) is 7.71. The van der Waals surface area contributed by atoms with Crippen LogP contribution in [0.25, 0.3) is 0 Å². The van der Waals surface area contributed by atoms with Gasteiger partial charge in [0, 0.05) is 6.42 Å². The second-order valence-electron chi connectivity index (χ2n) is 5.16. The summed E-state index contributed by atoms with van der Waals surface area (Å²) in [5.74, 6) is 0.950. The van der Waals surface area contributed by atoms with E-state index in [1.54, 1.807) is 6.92 Å². The monoisotopic (exact) mass is 305 g/mol. The van der Waals surface area contributed by atoms with Crippen molar-refractivity contribution < 1.29 is 9.53 Å². The Morgan fingerprint density at radius 2 is 1.95 bits per heavy atom. The Hall–Kier alpha value is -1.95. The maximum absolute atomic E-state index is 12.1. The standard InChI is InChI=1S/C15H19N3O2S/c1-10(2)9-13-17-18-15(21-13)16-14(19)11(3)20-12-7-5-4-6-8-12/h4-8,10-11H,9H2,1-3H3,(H,16,18,19)/t11-/m0/s1. The summed E-state index contributed by atoms with van der Waals surface area (Å²) in [6.45, 7) is 5.95. The number of carbonyl (C=O) groups excluding carboxylic acids is 1. The molecule has 0 saturated carbocycles. The normalized spacial score (nSPS) is 12.2. The number of aromatic nitrogens is 2. The van der Waals surface area contributed by atoms with Crippen molar-refractivity contribution in [2.45, 2.75) is 33.3 Å². The molecule has 1 atom stereocenters. The zero-order valence-electron chi connectivity index (χ0n) is 12.4. The third-order valence-electron chi connectivity index (χ3n) is 2.71. The Morgan fingerprint density at radius 1 is 1.24 bits per heavy atom. The first-order chi connectivity index (χ1) is 10.0. The van der Waals surface area contributed by atoms with E-state index < -0.39 is 6.10 Å². The number of para-hydroxylation sites is 1. The molecule has 0 fully saturated rings. The zero-order valence-corrected chi connectivity index (χ0v) is 13.2. The van der Waals surface area contributed by atoms with E-state index in [0.29, 0.717) is 16.8 Å². The molecule has 1 aromatic heterocycles. The predicted molar refractivity (Wildman–Crippen MR) is 83.6 cm³/mol. The molecule has 0 aliphatic rings. The molecule has 0 radical (unpaired) electrons. The van der Waals surface area contributed by atoms with Gasteiger partial charge >= 0.3 is 0 Å². The van der Waals surface area contributed by atoms with Gasteiger partial charge in [0.05, 0.1) is 0 Å². The first-order valence-electron chi connectivity index (χ1n) is 6.89. The molecule has 1 aromatic carbocycles. The summed E-state index contributed by atoms with van der Waals surface area (Å²) in [6, 6.07) is 9.26. The number of rotatable bonds is 6. The third kappa shape index (κ3) is 4.82. The highest BCUT2D eigenvalue weighted by molar-refractivity contribution is 7.15. The molecular formula is C15H19N3O2S. The second-order valence-corrected chi connectivity index (χ2v) is 6.22. The van der Waals surface area contributed by atoms with Gasteiger partial charge in [-0.2, -0.15) is 0 Å². The lowest BCUT2D eigenvalue weighted by molar-refractivity contribution is -0.122. The van der Waals surface area contributed by atoms with E-state index >= 15 is 0 Å². The SMILES string of the molecule is CC(C)Cc1nnc(NC(=O)[C@H](C)Oc2ccccc2)s1. The summed E-state index contributed by atoms with van der Waals surface area (Å²) in [5.41, 5.74) is 0. The van der Waals surface area contributed by atoms with Crippen LogP contribution in [0, 0.1) is 5.92 Å². The Morgan fingerprint density at radius 3 is 2.62 bits per heavy atom. The summed E-state index contributed by atoms with van der Waals surface area (Å²) in [5, 5.41) is 12.2. The van der Waals surface area contributed by atoms with E-state index in [2.05, 4.69) is 29.4 Å². The fourth-order valence-electron chi connectivity index (χ4n) is 1.70. The van der Waals surface area contributed by atoms with Gasteiger partial charge < -0.3 is 4.74 Å². The maximum atomic E-state index is 12.1. The largest absolute Gasteiger partial charge is 0.481 e. The molecule has 0 saturated heterocycles. The topological polar surface area (TPSA) is 64.1 Å². The lowest BCUT2D eigenvalue weighted by Crippen LogP contribution is -2.30. The van der Waals surface area contributed by atoms with Crippen molar-refractivity contribution in [2.24, 2.45) is 5.92 Å². The van der Waals surface area contributed by atoms with Crippen LogP contribution in [0.2, 0.25) is 0 Å². The fraction of sp³-hybridized carbons (Fsp3) is 0.400. The van der Waals surface area contributed by atoms with Crippen molar-refractivity contribution in [2.75, 3.05) is 5.32 Å². The van der Waals surface area contributed by atoms with Crippen molar-refractivity contribution in [1.29, 1.82) is 0 Å². The summed E-state index contributed by atoms with van der Waals surface area (Å²) in [7, 11) is 0. The number of amides is 1. The van der Waals surface area contributed by atoms with E-state index in [9.17, 15) is 4.79 Å². The Bertz CT molecular complexity index is 584. The molecule has 1 amide bonds. The number of hydrogen-bond donors (Lipinski definition) is 1. The average molecular weight is 305 g/mol. The molecule has 1 heterocycles. The molecule has 2 rings (SSSR count). The van der Waals surface area contributed by atoms with E-state index in [4.69, 9.17) is 4.74 Å². The number of carbonyl (C=O) groups is 1. The van der Waals surface area contributed by atoms with E-state index in [-0.39, 0.29) is 5.91 Å². The predicted octanol–water partition coefficient (Wildman–Crippen LogP) is 3.14. The minimum atomic E-state index is -0.593. The Labute approximate surface area is 128 Å². The van der Waals surface area contributed by atoms with E-state index in [1.165, 1.54) is 11.3 Å². The van der Waals surface area contributed by atoms with Gasteiger partial charge in [0.15, 0.2) is 6.10 Å². The van der Waals surface area contributed by atoms with E-state index in [0.717, 1.165) is 11.4 Å². The van der Waals surface area contributed by atoms with E-state index in [1.807, 2.05) is 30.3 Å². The summed E-state index contributed by atoms with van der Waals surface area (Å²) in [6.07, 6.45) is 0.272. The molecule has 21 heavy (non-hydrogen) atoms. The van der Waals surface area contributed by atoms with Crippen LogP contribution in [0.1, 0.15) is 25.8 Å². The highest BCUT2D eigenvalue weighted by Crippen LogP contribution is 2.19. The van der Waals surface area contributed by atoms with Crippen molar-refractivity contribution in [3.05, 3.63) is 35.3 Å². The van der Waals surface area contributed by atoms with Gasteiger partial charge in [-0.3, -0.25) is 10.1 Å². The maximum Gasteiger partial charge on any atom is 0.266 e. The first kappa shape index (κ1) is 15.4. The summed E-state index contributed by atoms with van der Waals surface area (Å²) >= 11 is 1.40. The van der Waals surface area contributed by atoms with Crippen LogP contribution in [-0.2, 0) is 11.2 Å². The van der Waals surface area contributed by atoms with Crippen LogP contribution < -0.4 is 10.1 Å². The van der Waals surface area contributed by atoms with Gasteiger partial charge in [0.2, 0.25) is 5.13 Å². The quantitative estimate of drug-likeness (QED) is 0.890. The van der Waals surface area contributed by atoms with Crippen LogP contribution >= 0.6 is 11.3 Å². The number of hydrogen-bond acceptors (Lipinski definition) is 5. The van der Waals surface area contributed by atoms with Gasteiger partial charge in [-0.25, -0.2) is 0 Å². The minimum Gasteiger partial charge on any atom is -0.481 e. The van der Waals surface area contributed by atoms with Gasteiger partial charge in [0.25, 0.3) is 5.91 Å². The lowest BCUT2D eigenvalue weighted by Gasteiger charge is -2.13. The Kier molecular flexibility index (Phi) is 5.27. The van der Waals surface area contributed by atoms with Crippen molar-refractivity contribution >= 4 is 22.4 Å². The molecule has 112 valence electrons. The highest BCUT2D eigenvalue weighted by Gasteiger charge is 2.17. The summed E-state index contributed by atoms with van der Waals surface area (Å²) in [4.78, 5) is 12.1. The Balaban J connectivity index is 1.90. The third-order valence-corrected chi connectivity index (χ3v) is 3.57. The molecule has 5 nitrogen and oxygen atoms in total. The number of nitrogens with one attached hydrogen (secondary N) is 1. The number of anilines is 1. The average Bonchev–Trinajstić information content (AvgIpc) is 2.86. The molecule has 0 bridgehead atoms. The smallest absolute Gasteiger partial charge is 0.266 e. The lowest BCUT2D eigenvalue weighted by atomic mass is 10.1. The fourth-order valence-corrected chi connectivity index (χ4v) is 2.65. The molecule has 1 N–H and O–H groups in total. The van der Waals surface area contributed by atoms with Gasteiger partial charge in [0.1, 0.15) is 10.8 Å². The highest BCUT2D eigenvalue weighted by atomic mass is 32.1. The molecule has 0 aliphatic carbocycles. The van der Waals surface area contributed by atoms with Crippen molar-refractivity contribution in [3.63, 3.8) is 0 Å². The van der Waals surface area contributed by atoms with Crippen LogP contribution in [0.5, 0.6) is 5.75 Å². The van der Waals surface area contributed by atoms with Gasteiger partial charge in [-0.15, -0.1) is 10.2 Å². The molecule has 0 spiro atoms. The number of benzene rings is 1. The minimum absolute atomic E-state index is 0.230. The molecular weight excluding hydrogens is 286 g/mol. The second kappa shape index (κ2) is 7.17. The van der Waals surface area contributed by atoms with Crippen LogP contribution in [0.4, 0.5) is 5.13 Å². The van der Waals surface area contributed by atoms with Crippen molar-refractivity contribution in [3.8, 4) is 5.75 Å². The zero-order chi connectivity index (χ0) is 15.2. The van der Waals surface area contributed by atoms with Gasteiger partial charge in [-0.1, -0.05) is 43.4 Å². The van der Waals surface area contributed by atoms with Crippen LogP contribution in [0.3, 0.4) is 0 Å². The molecule has 0 aliphatic heterocycles. The van der Waals surface area contributed by atoms with Crippen molar-refractivity contribution in [1.82, 2.24) is 10.2 Å². The molecule has 0 unspecified atom stereocenters. The van der Waals surface area contributed by atoms with Gasteiger partial charge in [-0.05, 0) is 25.0 Å². The molecule has 6 heteroatoms.